The first-order valence-electron chi connectivity index (χ1n) is 13.7. The molecule has 41 heavy (non-hydrogen) atoms. The lowest BCUT2D eigenvalue weighted by atomic mass is 9.96. The molecule has 222 valence electrons. The topological polar surface area (TPSA) is 136 Å². The molecular formula is C25H31F3N8O4S. The van der Waals surface area contributed by atoms with Crippen LogP contribution in [0.3, 0.4) is 0 Å². The summed E-state index contributed by atoms with van der Waals surface area (Å²) in [7, 11) is -3.41. The number of fused-ring (bicyclic) bond motifs is 1. The molecular weight excluding hydrogens is 565 g/mol. The maximum absolute atomic E-state index is 13.1. The lowest BCUT2D eigenvalue weighted by Gasteiger charge is -2.43. The van der Waals surface area contributed by atoms with Crippen LogP contribution in [-0.2, 0) is 40.5 Å². The first-order chi connectivity index (χ1) is 19.5. The van der Waals surface area contributed by atoms with Gasteiger partial charge in [-0.25, -0.2) is 23.5 Å². The largest absolute Gasteiger partial charge is 0.419 e. The van der Waals surface area contributed by atoms with E-state index in [0.717, 1.165) is 18.8 Å². The first-order valence-corrected chi connectivity index (χ1v) is 15.2. The molecule has 0 atom stereocenters. The van der Waals surface area contributed by atoms with Crippen LogP contribution in [-0.4, -0.2) is 99.7 Å². The predicted molar refractivity (Wildman–Crippen MR) is 140 cm³/mol. The molecule has 5 heterocycles. The highest BCUT2D eigenvalue weighted by molar-refractivity contribution is 7.89. The zero-order valence-corrected chi connectivity index (χ0v) is 23.1. The summed E-state index contributed by atoms with van der Waals surface area (Å²) in [6, 6.07) is 0. The smallest absolute Gasteiger partial charge is 0.339 e. The third-order valence-electron chi connectivity index (χ3n) is 8.58. The number of aromatic nitrogens is 4. The van der Waals surface area contributed by atoms with Crippen LogP contribution in [0, 0.1) is 5.92 Å². The maximum atomic E-state index is 13.1. The van der Waals surface area contributed by atoms with E-state index in [0.29, 0.717) is 81.9 Å². The molecule has 1 N–H and O–H groups in total. The molecule has 3 fully saturated rings. The minimum atomic E-state index is -4.50. The van der Waals surface area contributed by atoms with E-state index in [1.807, 2.05) is 0 Å². The van der Waals surface area contributed by atoms with Crippen molar-refractivity contribution in [3.63, 3.8) is 0 Å². The van der Waals surface area contributed by atoms with Gasteiger partial charge in [-0.2, -0.15) is 22.6 Å². The van der Waals surface area contributed by atoms with Crippen LogP contribution in [0.25, 0.3) is 0 Å². The van der Waals surface area contributed by atoms with Gasteiger partial charge in [0, 0.05) is 82.4 Å². The van der Waals surface area contributed by atoms with Gasteiger partial charge in [0.2, 0.25) is 21.9 Å². The highest BCUT2D eigenvalue weighted by Crippen LogP contribution is 2.32. The lowest BCUT2D eigenvalue weighted by molar-refractivity contribution is -0.142. The first kappa shape index (κ1) is 28.0. The van der Waals surface area contributed by atoms with Crippen molar-refractivity contribution in [2.45, 2.75) is 50.2 Å². The fourth-order valence-corrected chi connectivity index (χ4v) is 7.82. The van der Waals surface area contributed by atoms with Gasteiger partial charge in [0.25, 0.3) is 5.56 Å². The Morgan fingerprint density at radius 3 is 2.32 bits per heavy atom. The van der Waals surface area contributed by atoms with Gasteiger partial charge in [-0.3, -0.25) is 14.5 Å². The molecule has 3 aliphatic heterocycles. The van der Waals surface area contributed by atoms with Crippen LogP contribution >= 0.6 is 0 Å². The highest BCUT2D eigenvalue weighted by Gasteiger charge is 2.40. The standard InChI is InChI=1S/C25H31F3N8O4S/c26-25(27,28)17-10-29-24(30-11-17)35-8-6-34(7-9-35)23(38)16-12-33(13-16)15-21-20-14-36(41(39,40)18-2-1-3-18)5-4-19(20)22(37)32-31-21/h10-11,16,18H,1-9,12-15H2,(H,32,37). The Morgan fingerprint density at radius 1 is 1.02 bits per heavy atom. The number of rotatable bonds is 6. The number of likely N-dealkylation sites (tertiary alicyclic amines) is 1. The summed E-state index contributed by atoms with van der Waals surface area (Å²) in [5.41, 5.74) is 0.682. The average molecular weight is 597 g/mol. The Labute approximate surface area is 234 Å². The van der Waals surface area contributed by atoms with Gasteiger partial charge in [0.15, 0.2) is 0 Å². The molecule has 1 aliphatic carbocycles. The molecule has 0 radical (unpaired) electrons. The molecule has 2 aromatic rings. The normalized spacial score (nSPS) is 21.3. The van der Waals surface area contributed by atoms with Gasteiger partial charge >= 0.3 is 6.18 Å². The van der Waals surface area contributed by atoms with E-state index >= 15 is 0 Å². The number of carbonyl (C=O) groups excluding carboxylic acids is 1. The fraction of sp³-hybridized carbons (Fsp3) is 0.640. The second-order valence-electron chi connectivity index (χ2n) is 11.1. The van der Waals surface area contributed by atoms with Gasteiger partial charge < -0.3 is 9.80 Å². The third kappa shape index (κ3) is 5.44. The van der Waals surface area contributed by atoms with Crippen molar-refractivity contribution in [1.82, 2.24) is 34.3 Å². The number of H-pyrrole nitrogens is 1. The number of halogens is 3. The number of sulfonamides is 1. The van der Waals surface area contributed by atoms with Crippen LogP contribution in [0.5, 0.6) is 0 Å². The molecule has 0 bridgehead atoms. The van der Waals surface area contributed by atoms with E-state index in [2.05, 4.69) is 25.1 Å². The van der Waals surface area contributed by atoms with E-state index in [1.54, 1.807) is 9.80 Å². The number of amides is 1. The van der Waals surface area contributed by atoms with Gasteiger partial charge in [-0.05, 0) is 19.3 Å². The maximum Gasteiger partial charge on any atom is 0.419 e. The molecule has 0 spiro atoms. The van der Waals surface area contributed by atoms with E-state index in [4.69, 9.17) is 0 Å². The number of alkyl halides is 3. The molecule has 16 heteroatoms. The minimum absolute atomic E-state index is 0.0171. The monoisotopic (exact) mass is 596 g/mol. The van der Waals surface area contributed by atoms with Crippen molar-refractivity contribution in [3.8, 4) is 0 Å². The van der Waals surface area contributed by atoms with Crippen LogP contribution in [0.15, 0.2) is 17.2 Å². The van der Waals surface area contributed by atoms with E-state index < -0.39 is 21.8 Å². The summed E-state index contributed by atoms with van der Waals surface area (Å²) in [5, 5.41) is 6.46. The summed E-state index contributed by atoms with van der Waals surface area (Å²) in [5.74, 6) is 0.0251. The number of nitrogens with one attached hydrogen (secondary N) is 1. The SMILES string of the molecule is O=C(C1CN(Cc2n[nH]c(=O)c3c2CN(S(=O)(=O)C2CCC2)CC3)C1)N1CCN(c2ncc(C(F)(F)F)cn2)CC1. The van der Waals surface area contributed by atoms with Crippen LogP contribution in [0.4, 0.5) is 19.1 Å². The van der Waals surface area contributed by atoms with Crippen molar-refractivity contribution in [2.75, 3.05) is 50.7 Å². The van der Waals surface area contributed by atoms with Crippen molar-refractivity contribution in [1.29, 1.82) is 0 Å². The Morgan fingerprint density at radius 2 is 1.71 bits per heavy atom. The van der Waals surface area contributed by atoms with Crippen LogP contribution < -0.4 is 10.5 Å². The Hall–Kier alpha value is -3.11. The van der Waals surface area contributed by atoms with Crippen LogP contribution in [0.2, 0.25) is 0 Å². The number of aromatic amines is 1. The highest BCUT2D eigenvalue weighted by atomic mass is 32.2. The summed E-state index contributed by atoms with van der Waals surface area (Å²) in [4.78, 5) is 38.8. The van der Waals surface area contributed by atoms with Gasteiger partial charge in [0.1, 0.15) is 0 Å². The number of nitrogens with zero attached hydrogens (tertiary/aromatic N) is 7. The Bertz CT molecular complexity index is 1470. The quantitative estimate of drug-likeness (QED) is 0.509. The lowest BCUT2D eigenvalue weighted by Crippen LogP contribution is -2.57. The minimum Gasteiger partial charge on any atom is -0.339 e. The zero-order chi connectivity index (χ0) is 28.9. The number of hydrogen-bond donors (Lipinski definition) is 1. The molecule has 12 nitrogen and oxygen atoms in total. The number of carbonyl (C=O) groups is 1. The molecule has 6 rings (SSSR count). The number of piperazine rings is 1. The van der Waals surface area contributed by atoms with E-state index in [1.165, 1.54) is 4.31 Å². The summed E-state index contributed by atoms with van der Waals surface area (Å²) >= 11 is 0. The van der Waals surface area contributed by atoms with Crippen LogP contribution in [0.1, 0.15) is 41.6 Å². The van der Waals surface area contributed by atoms with E-state index in [9.17, 15) is 31.2 Å². The third-order valence-corrected chi connectivity index (χ3v) is 10.9. The number of hydrogen-bond acceptors (Lipinski definition) is 9. The van der Waals surface area contributed by atoms with Crippen molar-refractivity contribution in [2.24, 2.45) is 5.92 Å². The summed E-state index contributed by atoms with van der Waals surface area (Å²) in [6.07, 6.45) is -0.357. The molecule has 2 aromatic heterocycles. The molecule has 1 saturated carbocycles. The molecule has 1 amide bonds. The van der Waals surface area contributed by atoms with Crippen molar-refractivity contribution >= 4 is 21.9 Å². The van der Waals surface area contributed by atoms with Crippen molar-refractivity contribution in [3.05, 3.63) is 45.1 Å². The Kier molecular flexibility index (Phi) is 7.26. The molecule has 0 unspecified atom stereocenters. The molecule has 4 aliphatic rings. The summed E-state index contributed by atoms with van der Waals surface area (Å²) in [6.45, 7) is 3.53. The predicted octanol–water partition coefficient (Wildman–Crippen LogP) is 0.600. The second-order valence-corrected chi connectivity index (χ2v) is 13.3. The van der Waals surface area contributed by atoms with Gasteiger partial charge in [-0.1, -0.05) is 6.42 Å². The Balaban J connectivity index is 1.03. The van der Waals surface area contributed by atoms with Gasteiger partial charge in [-0.15, -0.1) is 0 Å². The van der Waals surface area contributed by atoms with Gasteiger partial charge in [0.05, 0.1) is 22.4 Å². The molecule has 2 saturated heterocycles. The average Bonchev–Trinajstić information content (AvgIpc) is 2.89. The summed E-state index contributed by atoms with van der Waals surface area (Å²) < 4.78 is 65.8. The fourth-order valence-electron chi connectivity index (χ4n) is 5.82. The zero-order valence-electron chi connectivity index (χ0n) is 22.3. The number of anilines is 1. The molecule has 0 aromatic carbocycles. The second kappa shape index (κ2) is 10.6. The van der Waals surface area contributed by atoms with E-state index in [-0.39, 0.29) is 41.7 Å². The van der Waals surface area contributed by atoms with Crippen molar-refractivity contribution < 1.29 is 26.4 Å².